The van der Waals surface area contributed by atoms with Crippen molar-refractivity contribution in [2.75, 3.05) is 12.4 Å². The smallest absolute Gasteiger partial charge is 0.280 e. The van der Waals surface area contributed by atoms with Crippen LogP contribution in [0.15, 0.2) is 36.7 Å². The SMILES string of the molecule is COc1cc(NC(=O)c2cccc(C(F)F)n2)cn2cc([C@@H]3CC[C@H]3C)nc12. The highest BCUT2D eigenvalue weighted by Crippen LogP contribution is 2.42. The third-order valence-corrected chi connectivity index (χ3v) is 5.24. The highest BCUT2D eigenvalue weighted by Gasteiger charge is 2.30. The second-order valence-electron chi connectivity index (χ2n) is 7.06. The standard InChI is InChI=1S/C20H20F2N4O2/c1-11-6-7-13(11)16-10-26-9-12(8-17(28-2)19(26)25-16)23-20(27)15-5-3-4-14(24-15)18(21)22/h3-5,8-11,13,18H,6-7H2,1-2H3,(H,23,27)/t11-,13-/m1/s1. The number of pyridine rings is 2. The lowest BCUT2D eigenvalue weighted by Gasteiger charge is -2.32. The van der Waals surface area contributed by atoms with E-state index in [4.69, 9.17) is 9.72 Å². The molecule has 3 heterocycles. The number of fused-ring (bicyclic) bond motifs is 1. The zero-order valence-corrected chi connectivity index (χ0v) is 15.5. The first-order chi connectivity index (χ1) is 13.5. The number of hydrogen-bond acceptors (Lipinski definition) is 4. The quantitative estimate of drug-likeness (QED) is 0.704. The van der Waals surface area contributed by atoms with E-state index in [0.717, 1.165) is 12.1 Å². The van der Waals surface area contributed by atoms with E-state index in [2.05, 4.69) is 17.2 Å². The van der Waals surface area contributed by atoms with Crippen molar-refractivity contribution in [3.05, 3.63) is 53.7 Å². The molecule has 3 aromatic heterocycles. The van der Waals surface area contributed by atoms with E-state index >= 15 is 0 Å². The Morgan fingerprint density at radius 1 is 1.29 bits per heavy atom. The van der Waals surface area contributed by atoms with Crippen molar-refractivity contribution < 1.29 is 18.3 Å². The van der Waals surface area contributed by atoms with Crippen molar-refractivity contribution >= 4 is 17.2 Å². The number of nitrogens with zero attached hydrogens (tertiary/aromatic N) is 3. The molecule has 0 spiro atoms. The van der Waals surface area contributed by atoms with Crippen LogP contribution in [0, 0.1) is 5.92 Å². The Labute approximate surface area is 160 Å². The Bertz CT molecular complexity index is 1030. The first-order valence-corrected chi connectivity index (χ1v) is 9.09. The summed E-state index contributed by atoms with van der Waals surface area (Å²) in [5, 5.41) is 2.69. The van der Waals surface area contributed by atoms with Crippen LogP contribution in [0.2, 0.25) is 0 Å². The predicted octanol–water partition coefficient (Wildman–Crippen LogP) is 4.44. The van der Waals surface area contributed by atoms with Gasteiger partial charge in [-0.25, -0.2) is 18.7 Å². The van der Waals surface area contributed by atoms with Gasteiger partial charge in [0.25, 0.3) is 12.3 Å². The Morgan fingerprint density at radius 3 is 2.75 bits per heavy atom. The number of anilines is 1. The third kappa shape index (κ3) is 3.30. The fourth-order valence-electron chi connectivity index (χ4n) is 3.48. The number of nitrogens with one attached hydrogen (secondary N) is 1. The number of hydrogen-bond donors (Lipinski definition) is 1. The molecule has 6 nitrogen and oxygen atoms in total. The van der Waals surface area contributed by atoms with Crippen LogP contribution < -0.4 is 10.1 Å². The van der Waals surface area contributed by atoms with E-state index in [9.17, 15) is 13.6 Å². The van der Waals surface area contributed by atoms with Gasteiger partial charge in [0.05, 0.1) is 18.5 Å². The van der Waals surface area contributed by atoms with Crippen LogP contribution in [0.3, 0.4) is 0 Å². The second-order valence-corrected chi connectivity index (χ2v) is 7.06. The topological polar surface area (TPSA) is 68.5 Å². The molecule has 28 heavy (non-hydrogen) atoms. The predicted molar refractivity (Wildman–Crippen MR) is 100 cm³/mol. The summed E-state index contributed by atoms with van der Waals surface area (Å²) < 4.78 is 32.9. The van der Waals surface area contributed by atoms with E-state index in [-0.39, 0.29) is 5.69 Å². The van der Waals surface area contributed by atoms with Gasteiger partial charge in [-0.3, -0.25) is 4.79 Å². The first kappa shape index (κ1) is 18.3. The summed E-state index contributed by atoms with van der Waals surface area (Å²) in [5.41, 5.74) is 1.63. The van der Waals surface area contributed by atoms with Gasteiger partial charge >= 0.3 is 0 Å². The van der Waals surface area contributed by atoms with Crippen molar-refractivity contribution in [1.82, 2.24) is 14.4 Å². The summed E-state index contributed by atoms with van der Waals surface area (Å²) in [6.45, 7) is 2.21. The molecule has 4 rings (SSSR count). The van der Waals surface area contributed by atoms with E-state index in [0.29, 0.717) is 28.9 Å². The molecule has 0 unspecified atom stereocenters. The highest BCUT2D eigenvalue weighted by atomic mass is 19.3. The van der Waals surface area contributed by atoms with Crippen LogP contribution in [0.25, 0.3) is 5.65 Å². The molecule has 0 radical (unpaired) electrons. The lowest BCUT2D eigenvalue weighted by Crippen LogP contribution is -2.20. The largest absolute Gasteiger partial charge is 0.493 e. The minimum atomic E-state index is -2.73. The van der Waals surface area contributed by atoms with Crippen molar-refractivity contribution in [1.29, 1.82) is 0 Å². The molecule has 1 fully saturated rings. The molecule has 3 aromatic rings. The average Bonchev–Trinajstić information content (AvgIpc) is 3.09. The maximum Gasteiger partial charge on any atom is 0.280 e. The normalized spacial score (nSPS) is 18.9. The van der Waals surface area contributed by atoms with Crippen LogP contribution in [-0.2, 0) is 0 Å². The number of alkyl halides is 2. The molecule has 0 saturated heterocycles. The molecule has 1 amide bonds. The lowest BCUT2D eigenvalue weighted by molar-refractivity contribution is 0.102. The van der Waals surface area contributed by atoms with Gasteiger partial charge in [0.15, 0.2) is 11.4 Å². The van der Waals surface area contributed by atoms with E-state index < -0.39 is 18.0 Å². The number of carbonyl (C=O) groups is 1. The summed E-state index contributed by atoms with van der Waals surface area (Å²) in [5.74, 6) is 0.981. The van der Waals surface area contributed by atoms with Gasteiger partial charge in [-0.05, 0) is 30.9 Å². The monoisotopic (exact) mass is 386 g/mol. The number of methoxy groups -OCH3 is 1. The fraction of sp³-hybridized carbons (Fsp3) is 0.350. The Balaban J connectivity index is 1.63. The second kappa shape index (κ2) is 7.18. The Kier molecular flexibility index (Phi) is 4.70. The molecule has 8 heteroatoms. The van der Waals surface area contributed by atoms with Gasteiger partial charge in [0.2, 0.25) is 0 Å². The molecule has 0 bridgehead atoms. The zero-order valence-electron chi connectivity index (χ0n) is 15.5. The molecule has 1 N–H and O–H groups in total. The molecule has 1 aliphatic rings. The Hall–Kier alpha value is -3.03. The third-order valence-electron chi connectivity index (χ3n) is 5.24. The average molecular weight is 386 g/mol. The molecular weight excluding hydrogens is 366 g/mol. The lowest BCUT2D eigenvalue weighted by atomic mass is 9.73. The van der Waals surface area contributed by atoms with E-state index in [1.54, 1.807) is 12.3 Å². The number of aromatic nitrogens is 3. The number of carbonyl (C=O) groups excluding carboxylic acids is 1. The van der Waals surface area contributed by atoms with Gasteiger partial charge in [0.1, 0.15) is 11.4 Å². The van der Waals surface area contributed by atoms with Gasteiger partial charge in [-0.15, -0.1) is 0 Å². The summed E-state index contributed by atoms with van der Waals surface area (Å²) in [4.78, 5) is 20.9. The maximum absolute atomic E-state index is 12.8. The van der Waals surface area contributed by atoms with E-state index in [1.807, 2.05) is 10.6 Å². The summed E-state index contributed by atoms with van der Waals surface area (Å²) in [6.07, 6.45) is 3.25. The minimum Gasteiger partial charge on any atom is -0.493 e. The van der Waals surface area contributed by atoms with Crippen LogP contribution in [0.4, 0.5) is 14.5 Å². The number of ether oxygens (including phenoxy) is 1. The van der Waals surface area contributed by atoms with Crippen LogP contribution >= 0.6 is 0 Å². The van der Waals surface area contributed by atoms with E-state index in [1.165, 1.54) is 31.7 Å². The molecule has 2 atom stereocenters. The maximum atomic E-state index is 12.8. The number of halogens is 2. The van der Waals surface area contributed by atoms with Crippen molar-refractivity contribution in [3.63, 3.8) is 0 Å². The minimum absolute atomic E-state index is 0.0773. The summed E-state index contributed by atoms with van der Waals surface area (Å²) >= 11 is 0. The van der Waals surface area contributed by atoms with Gasteiger partial charge in [0, 0.05) is 24.4 Å². The fourth-order valence-corrected chi connectivity index (χ4v) is 3.48. The van der Waals surface area contributed by atoms with Gasteiger partial charge < -0.3 is 14.5 Å². The van der Waals surface area contributed by atoms with Crippen LogP contribution in [0.5, 0.6) is 5.75 Å². The molecule has 1 saturated carbocycles. The molecular formula is C20H20F2N4O2. The number of amides is 1. The number of rotatable bonds is 5. The van der Waals surface area contributed by atoms with Crippen molar-refractivity contribution in [2.45, 2.75) is 32.1 Å². The van der Waals surface area contributed by atoms with Gasteiger partial charge in [-0.2, -0.15) is 0 Å². The molecule has 1 aliphatic carbocycles. The first-order valence-electron chi connectivity index (χ1n) is 9.09. The van der Waals surface area contributed by atoms with Crippen LogP contribution in [0.1, 0.15) is 54.0 Å². The Morgan fingerprint density at radius 2 is 2.11 bits per heavy atom. The highest BCUT2D eigenvalue weighted by molar-refractivity contribution is 6.03. The number of imidazole rings is 1. The van der Waals surface area contributed by atoms with Crippen molar-refractivity contribution in [2.24, 2.45) is 5.92 Å². The van der Waals surface area contributed by atoms with Crippen molar-refractivity contribution in [3.8, 4) is 5.75 Å². The molecule has 0 aliphatic heterocycles. The molecule has 146 valence electrons. The summed E-state index contributed by atoms with van der Waals surface area (Å²) in [7, 11) is 1.54. The summed E-state index contributed by atoms with van der Waals surface area (Å²) in [6, 6.07) is 5.62. The zero-order chi connectivity index (χ0) is 19.8. The van der Waals surface area contributed by atoms with Crippen LogP contribution in [-0.4, -0.2) is 27.4 Å². The molecule has 0 aromatic carbocycles. The van der Waals surface area contributed by atoms with Gasteiger partial charge in [-0.1, -0.05) is 13.0 Å².